The molecule has 0 fully saturated rings. The summed E-state index contributed by atoms with van der Waals surface area (Å²) in [5.74, 6) is 1.54. The highest BCUT2D eigenvalue weighted by atomic mass is 16.5. The van der Waals surface area contributed by atoms with Crippen LogP contribution < -0.4 is 10.5 Å². The van der Waals surface area contributed by atoms with E-state index in [4.69, 9.17) is 15.2 Å². The van der Waals surface area contributed by atoms with Gasteiger partial charge in [-0.25, -0.2) is 0 Å². The lowest BCUT2D eigenvalue weighted by Crippen LogP contribution is -2.10. The maximum absolute atomic E-state index is 5.89. The van der Waals surface area contributed by atoms with Crippen molar-refractivity contribution >= 4 is 10.8 Å². The molecule has 0 aromatic heterocycles. The van der Waals surface area contributed by atoms with Crippen LogP contribution in [0.3, 0.4) is 0 Å². The Kier molecular flexibility index (Phi) is 6.03. The predicted molar refractivity (Wildman–Crippen MR) is 87.6 cm³/mol. The van der Waals surface area contributed by atoms with Gasteiger partial charge in [-0.1, -0.05) is 44.2 Å². The Hall–Kier alpha value is -1.58. The topological polar surface area (TPSA) is 44.5 Å². The van der Waals surface area contributed by atoms with Crippen molar-refractivity contribution in [3.05, 3.63) is 42.0 Å². The van der Waals surface area contributed by atoms with Crippen molar-refractivity contribution in [3.8, 4) is 5.75 Å². The molecule has 0 saturated carbocycles. The van der Waals surface area contributed by atoms with Crippen LogP contribution in [0.5, 0.6) is 5.75 Å². The third-order valence-corrected chi connectivity index (χ3v) is 3.53. The van der Waals surface area contributed by atoms with Crippen LogP contribution in [0.15, 0.2) is 36.4 Å². The minimum Gasteiger partial charge on any atom is -0.491 e. The van der Waals surface area contributed by atoms with Gasteiger partial charge in [0.15, 0.2) is 0 Å². The Labute approximate surface area is 127 Å². The van der Waals surface area contributed by atoms with Crippen molar-refractivity contribution in [2.24, 2.45) is 11.7 Å². The molecule has 114 valence electrons. The summed E-state index contributed by atoms with van der Waals surface area (Å²) in [6.45, 7) is 6.84. The Balaban J connectivity index is 1.93. The van der Waals surface area contributed by atoms with Gasteiger partial charge in [-0.05, 0) is 29.2 Å². The average Bonchev–Trinajstić information content (AvgIpc) is 2.50. The molecule has 0 heterocycles. The SMILES string of the molecule is CC(C)CCOCCOc1ccc2ccccc2c1CN. The third kappa shape index (κ3) is 4.45. The van der Waals surface area contributed by atoms with Crippen LogP contribution in [0.25, 0.3) is 10.8 Å². The van der Waals surface area contributed by atoms with Gasteiger partial charge in [-0.2, -0.15) is 0 Å². The summed E-state index contributed by atoms with van der Waals surface area (Å²) in [4.78, 5) is 0. The Bertz CT molecular complexity index is 566. The molecule has 2 aromatic carbocycles. The van der Waals surface area contributed by atoms with Crippen LogP contribution >= 0.6 is 0 Å². The minimum atomic E-state index is 0.477. The zero-order chi connectivity index (χ0) is 15.1. The van der Waals surface area contributed by atoms with E-state index in [1.807, 2.05) is 18.2 Å². The van der Waals surface area contributed by atoms with Crippen LogP contribution in [-0.2, 0) is 11.3 Å². The molecular weight excluding hydrogens is 262 g/mol. The third-order valence-electron chi connectivity index (χ3n) is 3.53. The highest BCUT2D eigenvalue weighted by Gasteiger charge is 2.07. The van der Waals surface area contributed by atoms with Crippen molar-refractivity contribution in [2.75, 3.05) is 19.8 Å². The highest BCUT2D eigenvalue weighted by molar-refractivity contribution is 5.87. The van der Waals surface area contributed by atoms with E-state index < -0.39 is 0 Å². The van der Waals surface area contributed by atoms with E-state index in [1.165, 1.54) is 10.8 Å². The first-order chi connectivity index (χ1) is 10.2. The molecule has 3 nitrogen and oxygen atoms in total. The van der Waals surface area contributed by atoms with Gasteiger partial charge in [0.05, 0.1) is 6.61 Å². The lowest BCUT2D eigenvalue weighted by molar-refractivity contribution is 0.0923. The number of benzene rings is 2. The van der Waals surface area contributed by atoms with Gasteiger partial charge in [0.1, 0.15) is 12.4 Å². The van der Waals surface area contributed by atoms with E-state index in [2.05, 4.69) is 32.0 Å². The molecule has 0 aliphatic rings. The molecular formula is C18H25NO2. The van der Waals surface area contributed by atoms with Gasteiger partial charge in [0, 0.05) is 18.7 Å². The molecule has 2 N–H and O–H groups in total. The van der Waals surface area contributed by atoms with Gasteiger partial charge >= 0.3 is 0 Å². The number of rotatable bonds is 8. The molecule has 2 rings (SSSR count). The fourth-order valence-electron chi connectivity index (χ4n) is 2.29. The quantitative estimate of drug-likeness (QED) is 0.752. The van der Waals surface area contributed by atoms with Gasteiger partial charge < -0.3 is 15.2 Å². The molecule has 0 amide bonds. The fourth-order valence-corrected chi connectivity index (χ4v) is 2.29. The largest absolute Gasteiger partial charge is 0.491 e. The summed E-state index contributed by atoms with van der Waals surface area (Å²) >= 11 is 0. The second-order valence-corrected chi connectivity index (χ2v) is 5.61. The second kappa shape index (κ2) is 8.01. The van der Waals surface area contributed by atoms with Crippen molar-refractivity contribution in [3.63, 3.8) is 0 Å². The predicted octanol–water partition coefficient (Wildman–Crippen LogP) is 3.74. The summed E-state index contributed by atoms with van der Waals surface area (Å²) in [6, 6.07) is 12.3. The van der Waals surface area contributed by atoms with E-state index in [9.17, 15) is 0 Å². The second-order valence-electron chi connectivity index (χ2n) is 5.61. The molecule has 2 aromatic rings. The molecule has 0 bridgehead atoms. The summed E-state index contributed by atoms with van der Waals surface area (Å²) in [5.41, 5.74) is 6.96. The first-order valence-electron chi connectivity index (χ1n) is 7.63. The molecule has 21 heavy (non-hydrogen) atoms. The van der Waals surface area contributed by atoms with Crippen molar-refractivity contribution in [1.29, 1.82) is 0 Å². The summed E-state index contributed by atoms with van der Waals surface area (Å²) < 4.78 is 11.4. The number of ether oxygens (including phenoxy) is 2. The molecule has 0 radical (unpaired) electrons. The molecule has 0 atom stereocenters. The van der Waals surface area contributed by atoms with E-state index >= 15 is 0 Å². The number of hydrogen-bond acceptors (Lipinski definition) is 3. The van der Waals surface area contributed by atoms with Crippen LogP contribution in [0.4, 0.5) is 0 Å². The first kappa shape index (κ1) is 15.8. The van der Waals surface area contributed by atoms with Crippen LogP contribution in [0.2, 0.25) is 0 Å². The van der Waals surface area contributed by atoms with Crippen molar-refractivity contribution in [2.45, 2.75) is 26.8 Å². The molecule has 0 aliphatic carbocycles. The van der Waals surface area contributed by atoms with Crippen molar-refractivity contribution in [1.82, 2.24) is 0 Å². The van der Waals surface area contributed by atoms with Crippen LogP contribution in [0.1, 0.15) is 25.8 Å². The standard InChI is InChI=1S/C18H25NO2/c1-14(2)9-10-20-11-12-21-18-8-7-15-5-3-4-6-16(15)17(18)13-19/h3-8,14H,9-13,19H2,1-2H3. The van der Waals surface area contributed by atoms with Gasteiger partial charge in [0.25, 0.3) is 0 Å². The van der Waals surface area contributed by atoms with Gasteiger partial charge in [0.2, 0.25) is 0 Å². The smallest absolute Gasteiger partial charge is 0.124 e. The average molecular weight is 287 g/mol. The Morgan fingerprint density at radius 1 is 1.00 bits per heavy atom. The zero-order valence-corrected chi connectivity index (χ0v) is 13.0. The molecule has 0 aliphatic heterocycles. The van der Waals surface area contributed by atoms with E-state index in [0.717, 1.165) is 24.3 Å². The number of nitrogens with two attached hydrogens (primary N) is 1. The maximum atomic E-state index is 5.89. The number of fused-ring (bicyclic) bond motifs is 1. The summed E-state index contributed by atoms with van der Waals surface area (Å²) in [6.07, 6.45) is 1.09. The van der Waals surface area contributed by atoms with Crippen molar-refractivity contribution < 1.29 is 9.47 Å². The summed E-state index contributed by atoms with van der Waals surface area (Å²) in [5, 5.41) is 2.36. The maximum Gasteiger partial charge on any atom is 0.124 e. The molecule has 3 heteroatoms. The van der Waals surface area contributed by atoms with Crippen LogP contribution in [0, 0.1) is 5.92 Å². The molecule has 0 spiro atoms. The molecule has 0 unspecified atom stereocenters. The first-order valence-corrected chi connectivity index (χ1v) is 7.63. The lowest BCUT2D eigenvalue weighted by Gasteiger charge is -2.13. The monoisotopic (exact) mass is 287 g/mol. The van der Waals surface area contributed by atoms with E-state index in [-0.39, 0.29) is 0 Å². The highest BCUT2D eigenvalue weighted by Crippen LogP contribution is 2.27. The lowest BCUT2D eigenvalue weighted by atomic mass is 10.0. The minimum absolute atomic E-state index is 0.477. The van der Waals surface area contributed by atoms with Gasteiger partial charge in [-0.15, -0.1) is 0 Å². The normalized spacial score (nSPS) is 11.2. The Morgan fingerprint density at radius 2 is 1.81 bits per heavy atom. The Morgan fingerprint density at radius 3 is 2.57 bits per heavy atom. The van der Waals surface area contributed by atoms with E-state index in [0.29, 0.717) is 25.7 Å². The van der Waals surface area contributed by atoms with Gasteiger partial charge in [-0.3, -0.25) is 0 Å². The number of hydrogen-bond donors (Lipinski definition) is 1. The van der Waals surface area contributed by atoms with E-state index in [1.54, 1.807) is 0 Å². The summed E-state index contributed by atoms with van der Waals surface area (Å²) in [7, 11) is 0. The van der Waals surface area contributed by atoms with Crippen LogP contribution in [-0.4, -0.2) is 19.8 Å². The zero-order valence-electron chi connectivity index (χ0n) is 13.0. The molecule has 0 saturated heterocycles. The fraction of sp³-hybridized carbons (Fsp3) is 0.444.